The summed E-state index contributed by atoms with van der Waals surface area (Å²) in [5, 5.41) is 4.38. The van der Waals surface area contributed by atoms with Crippen LogP contribution >= 0.6 is 0 Å². The lowest BCUT2D eigenvalue weighted by Crippen LogP contribution is -2.40. The van der Waals surface area contributed by atoms with Gasteiger partial charge in [0.25, 0.3) is 5.91 Å². The molecule has 3 rings (SSSR count). The van der Waals surface area contributed by atoms with Crippen molar-refractivity contribution in [3.8, 4) is 0 Å². The van der Waals surface area contributed by atoms with Crippen LogP contribution in [0.3, 0.4) is 0 Å². The van der Waals surface area contributed by atoms with Gasteiger partial charge in [-0.1, -0.05) is 12.1 Å². The summed E-state index contributed by atoms with van der Waals surface area (Å²) in [5.74, 6) is 1.01. The Balaban J connectivity index is 1.63. The summed E-state index contributed by atoms with van der Waals surface area (Å²) >= 11 is 0. The lowest BCUT2D eigenvalue weighted by molar-refractivity contribution is 0.0303. The van der Waals surface area contributed by atoms with Crippen molar-refractivity contribution < 1.29 is 9.53 Å². The van der Waals surface area contributed by atoms with Crippen LogP contribution in [-0.2, 0) is 18.3 Å². The molecular weight excluding hydrogens is 292 g/mol. The number of rotatable bonds is 4. The number of morpholine rings is 1. The molecule has 6 heteroatoms. The normalized spacial score (nSPS) is 14.8. The summed E-state index contributed by atoms with van der Waals surface area (Å²) in [6.07, 6.45) is 1.93. The minimum absolute atomic E-state index is 0.0814. The van der Waals surface area contributed by atoms with E-state index in [2.05, 4.69) is 10.00 Å². The van der Waals surface area contributed by atoms with E-state index in [1.807, 2.05) is 55.5 Å². The van der Waals surface area contributed by atoms with Crippen LogP contribution in [0.5, 0.6) is 0 Å². The van der Waals surface area contributed by atoms with Gasteiger partial charge < -0.3 is 14.5 Å². The zero-order valence-corrected chi connectivity index (χ0v) is 13.6. The highest BCUT2D eigenvalue weighted by atomic mass is 16.5. The monoisotopic (exact) mass is 314 g/mol. The maximum atomic E-state index is 12.4. The second-order valence-corrected chi connectivity index (χ2v) is 5.81. The average Bonchev–Trinajstić information content (AvgIpc) is 3.02. The largest absolute Gasteiger partial charge is 0.378 e. The van der Waals surface area contributed by atoms with Gasteiger partial charge in [0.1, 0.15) is 0 Å². The van der Waals surface area contributed by atoms with Gasteiger partial charge in [0.15, 0.2) is 5.82 Å². The number of carbonyl (C=O) groups is 1. The van der Waals surface area contributed by atoms with E-state index in [1.165, 1.54) is 0 Å². The lowest BCUT2D eigenvalue weighted by atomic mass is 10.1. The van der Waals surface area contributed by atoms with Crippen LogP contribution in [0.4, 0.5) is 5.82 Å². The van der Waals surface area contributed by atoms with Crippen molar-refractivity contribution in [2.24, 2.45) is 7.05 Å². The van der Waals surface area contributed by atoms with Crippen molar-refractivity contribution in [1.29, 1.82) is 0 Å². The fourth-order valence-corrected chi connectivity index (χ4v) is 2.66. The molecule has 122 valence electrons. The molecule has 0 radical (unpaired) electrons. The van der Waals surface area contributed by atoms with Crippen molar-refractivity contribution in [3.05, 3.63) is 47.7 Å². The molecule has 23 heavy (non-hydrogen) atoms. The van der Waals surface area contributed by atoms with Crippen molar-refractivity contribution >= 4 is 11.7 Å². The Bertz CT molecular complexity index is 659. The Hall–Kier alpha value is -2.34. The summed E-state index contributed by atoms with van der Waals surface area (Å²) in [5.41, 5.74) is 1.88. The van der Waals surface area contributed by atoms with Crippen LogP contribution in [-0.4, -0.2) is 53.9 Å². The lowest BCUT2D eigenvalue weighted by Gasteiger charge is -2.27. The van der Waals surface area contributed by atoms with E-state index in [4.69, 9.17) is 4.74 Å². The Labute approximate surface area is 136 Å². The van der Waals surface area contributed by atoms with Crippen LogP contribution in [0, 0.1) is 0 Å². The molecule has 1 aromatic carbocycles. The van der Waals surface area contributed by atoms with Gasteiger partial charge in [-0.2, -0.15) is 5.10 Å². The maximum absolute atomic E-state index is 12.4. The van der Waals surface area contributed by atoms with Gasteiger partial charge in [0.05, 0.1) is 13.2 Å². The summed E-state index contributed by atoms with van der Waals surface area (Å²) in [7, 11) is 3.92. The minimum Gasteiger partial charge on any atom is -0.378 e. The highest BCUT2D eigenvalue weighted by Crippen LogP contribution is 2.14. The molecule has 0 unspecified atom stereocenters. The number of aryl methyl sites for hydroxylation is 1. The molecule has 1 saturated heterocycles. The van der Waals surface area contributed by atoms with E-state index >= 15 is 0 Å². The first-order valence-corrected chi connectivity index (χ1v) is 7.80. The minimum atomic E-state index is 0.0814. The number of hydrogen-bond acceptors (Lipinski definition) is 4. The molecule has 1 aliphatic rings. The Morgan fingerprint density at radius 1 is 1.22 bits per heavy atom. The van der Waals surface area contributed by atoms with Crippen LogP contribution in [0.25, 0.3) is 0 Å². The molecule has 2 aromatic rings. The van der Waals surface area contributed by atoms with E-state index < -0.39 is 0 Å². The predicted molar refractivity (Wildman–Crippen MR) is 88.5 cm³/mol. The van der Waals surface area contributed by atoms with Crippen molar-refractivity contribution in [2.75, 3.05) is 38.3 Å². The topological polar surface area (TPSA) is 50.6 Å². The van der Waals surface area contributed by atoms with Crippen molar-refractivity contribution in [3.63, 3.8) is 0 Å². The Morgan fingerprint density at radius 2 is 1.91 bits per heavy atom. The van der Waals surface area contributed by atoms with Gasteiger partial charge in [0, 0.05) is 51.6 Å². The molecule has 0 bridgehead atoms. The second kappa shape index (κ2) is 6.83. The Kier molecular flexibility index (Phi) is 4.62. The maximum Gasteiger partial charge on any atom is 0.254 e. The van der Waals surface area contributed by atoms with Gasteiger partial charge in [0.2, 0.25) is 0 Å². The van der Waals surface area contributed by atoms with Crippen molar-refractivity contribution in [2.45, 2.75) is 6.54 Å². The fraction of sp³-hybridized carbons (Fsp3) is 0.412. The first-order chi connectivity index (χ1) is 11.1. The number of aromatic nitrogens is 2. The molecule has 0 N–H and O–H groups in total. The smallest absolute Gasteiger partial charge is 0.254 e. The standard InChI is InChI=1S/C17H22N4O2/c1-19(16-7-8-20(2)18-16)13-14-3-5-15(6-4-14)17(22)21-9-11-23-12-10-21/h3-8H,9-13H2,1-2H3. The number of anilines is 1. The van der Waals surface area contributed by atoms with Crippen LogP contribution in [0.2, 0.25) is 0 Å². The molecule has 0 saturated carbocycles. The zero-order chi connectivity index (χ0) is 16.2. The highest BCUT2D eigenvalue weighted by molar-refractivity contribution is 5.94. The molecule has 0 aliphatic carbocycles. The summed E-state index contributed by atoms with van der Waals surface area (Å²) in [4.78, 5) is 16.3. The third kappa shape index (κ3) is 3.71. The number of hydrogen-bond donors (Lipinski definition) is 0. The van der Waals surface area contributed by atoms with Gasteiger partial charge in [-0.05, 0) is 17.7 Å². The average molecular weight is 314 g/mol. The second-order valence-electron chi connectivity index (χ2n) is 5.81. The quantitative estimate of drug-likeness (QED) is 0.859. The van der Waals surface area contributed by atoms with Crippen LogP contribution < -0.4 is 4.90 Å². The molecule has 1 aromatic heterocycles. The van der Waals surface area contributed by atoms with E-state index in [0.29, 0.717) is 26.3 Å². The van der Waals surface area contributed by atoms with Crippen LogP contribution in [0.1, 0.15) is 15.9 Å². The Morgan fingerprint density at radius 3 is 2.52 bits per heavy atom. The van der Waals surface area contributed by atoms with Gasteiger partial charge in [-0.25, -0.2) is 0 Å². The summed E-state index contributed by atoms with van der Waals surface area (Å²) < 4.78 is 7.07. The fourth-order valence-electron chi connectivity index (χ4n) is 2.66. The molecule has 1 aliphatic heterocycles. The first-order valence-electron chi connectivity index (χ1n) is 7.80. The third-order valence-electron chi connectivity index (χ3n) is 4.01. The summed E-state index contributed by atoms with van der Waals surface area (Å²) in [6, 6.07) is 9.80. The van der Waals surface area contributed by atoms with Crippen molar-refractivity contribution in [1.82, 2.24) is 14.7 Å². The molecule has 6 nitrogen and oxygen atoms in total. The number of benzene rings is 1. The number of nitrogens with zero attached hydrogens (tertiary/aromatic N) is 4. The summed E-state index contributed by atoms with van der Waals surface area (Å²) in [6.45, 7) is 3.34. The third-order valence-corrected chi connectivity index (χ3v) is 4.01. The van der Waals surface area contributed by atoms with E-state index in [0.717, 1.165) is 23.5 Å². The number of ether oxygens (including phenoxy) is 1. The van der Waals surface area contributed by atoms with E-state index in [1.54, 1.807) is 4.68 Å². The predicted octanol–water partition coefficient (Wildman–Crippen LogP) is 1.53. The van der Waals surface area contributed by atoms with E-state index in [9.17, 15) is 4.79 Å². The molecule has 2 heterocycles. The zero-order valence-electron chi connectivity index (χ0n) is 13.6. The van der Waals surface area contributed by atoms with Crippen LogP contribution in [0.15, 0.2) is 36.5 Å². The molecule has 1 fully saturated rings. The first kappa shape index (κ1) is 15.6. The SMILES string of the molecule is CN(Cc1ccc(C(=O)N2CCOCC2)cc1)c1ccn(C)n1. The van der Waals surface area contributed by atoms with Gasteiger partial charge in [-0.3, -0.25) is 9.48 Å². The number of amides is 1. The molecule has 1 amide bonds. The number of carbonyl (C=O) groups excluding carboxylic acids is 1. The molecular formula is C17H22N4O2. The van der Waals surface area contributed by atoms with Gasteiger partial charge in [-0.15, -0.1) is 0 Å². The van der Waals surface area contributed by atoms with E-state index in [-0.39, 0.29) is 5.91 Å². The van der Waals surface area contributed by atoms with Gasteiger partial charge >= 0.3 is 0 Å². The molecule has 0 spiro atoms. The molecule has 0 atom stereocenters. The highest BCUT2D eigenvalue weighted by Gasteiger charge is 2.18.